The lowest BCUT2D eigenvalue weighted by Crippen LogP contribution is -2.39. The first-order valence-electron chi connectivity index (χ1n) is 3.61. The molecular weight excluding hydrogens is 128 g/mol. The molecule has 0 bridgehead atoms. The van der Waals surface area contributed by atoms with Gasteiger partial charge in [-0.05, 0) is 6.42 Å². The van der Waals surface area contributed by atoms with E-state index in [2.05, 4.69) is 6.08 Å². The molecule has 0 heterocycles. The highest BCUT2D eigenvalue weighted by Crippen LogP contribution is 2.29. The van der Waals surface area contributed by atoms with E-state index in [1.165, 1.54) is 0 Å². The molecule has 0 amide bonds. The minimum atomic E-state index is -0.908. The van der Waals surface area contributed by atoms with Crippen molar-refractivity contribution in [2.24, 2.45) is 5.92 Å². The molecular formula is C8H14O2. The average Bonchev–Trinajstić information content (AvgIpc) is 1.96. The van der Waals surface area contributed by atoms with Crippen molar-refractivity contribution in [3.05, 3.63) is 12.2 Å². The third-order valence-electron chi connectivity index (χ3n) is 2.19. The van der Waals surface area contributed by atoms with Gasteiger partial charge in [-0.2, -0.15) is 0 Å². The van der Waals surface area contributed by atoms with E-state index >= 15 is 0 Å². The number of allylic oxidation sites excluding steroid dienone is 1. The Kier molecular flexibility index (Phi) is 2.11. The molecule has 0 aromatic carbocycles. The van der Waals surface area contributed by atoms with Crippen LogP contribution in [0.25, 0.3) is 0 Å². The van der Waals surface area contributed by atoms with E-state index in [-0.39, 0.29) is 5.92 Å². The first-order chi connectivity index (χ1) is 4.69. The van der Waals surface area contributed by atoms with E-state index in [0.29, 0.717) is 6.42 Å². The van der Waals surface area contributed by atoms with Crippen LogP contribution in [0.3, 0.4) is 0 Å². The topological polar surface area (TPSA) is 29.5 Å². The maximum atomic E-state index is 9.68. The fraction of sp³-hybridized carbons (Fsp3) is 0.750. The molecule has 0 spiro atoms. The predicted octanol–water partition coefficient (Wildman–Crippen LogP) is 1.31. The minimum Gasteiger partial charge on any atom is -0.365 e. The molecule has 2 atom stereocenters. The first-order valence-corrected chi connectivity index (χ1v) is 3.61. The van der Waals surface area contributed by atoms with Crippen molar-refractivity contribution in [3.63, 3.8) is 0 Å². The van der Waals surface area contributed by atoms with Crippen LogP contribution in [0.5, 0.6) is 0 Å². The zero-order valence-electron chi connectivity index (χ0n) is 6.50. The van der Waals surface area contributed by atoms with Crippen LogP contribution in [-0.2, 0) is 4.74 Å². The maximum absolute atomic E-state index is 9.68. The summed E-state index contributed by atoms with van der Waals surface area (Å²) in [5, 5.41) is 9.68. The number of methoxy groups -OCH3 is 1. The van der Waals surface area contributed by atoms with E-state index in [1.807, 2.05) is 13.0 Å². The van der Waals surface area contributed by atoms with Gasteiger partial charge in [-0.3, -0.25) is 0 Å². The number of hydrogen-bond donors (Lipinski definition) is 1. The summed E-state index contributed by atoms with van der Waals surface area (Å²) in [6.45, 7) is 1.99. The smallest absolute Gasteiger partial charge is 0.171 e. The summed E-state index contributed by atoms with van der Waals surface area (Å²) >= 11 is 0. The van der Waals surface area contributed by atoms with Crippen LogP contribution in [0.15, 0.2) is 12.2 Å². The van der Waals surface area contributed by atoms with Crippen LogP contribution in [0, 0.1) is 5.92 Å². The van der Waals surface area contributed by atoms with E-state index in [4.69, 9.17) is 4.74 Å². The Morgan fingerprint density at radius 1 is 1.60 bits per heavy atom. The van der Waals surface area contributed by atoms with Crippen molar-refractivity contribution >= 4 is 0 Å². The van der Waals surface area contributed by atoms with Gasteiger partial charge in [0.1, 0.15) is 0 Å². The Hall–Kier alpha value is -0.340. The highest BCUT2D eigenvalue weighted by atomic mass is 16.6. The molecule has 0 radical (unpaired) electrons. The van der Waals surface area contributed by atoms with Gasteiger partial charge in [0.2, 0.25) is 0 Å². The van der Waals surface area contributed by atoms with Gasteiger partial charge in [0, 0.05) is 19.4 Å². The molecule has 1 N–H and O–H groups in total. The summed E-state index contributed by atoms with van der Waals surface area (Å²) in [5.41, 5.74) is 0. The second-order valence-corrected chi connectivity index (χ2v) is 2.86. The lowest BCUT2D eigenvalue weighted by molar-refractivity contribution is -0.216. The molecule has 1 aliphatic carbocycles. The van der Waals surface area contributed by atoms with Gasteiger partial charge in [-0.1, -0.05) is 19.1 Å². The SMILES string of the molecule is COC1(O)CC=CCC1C. The Labute approximate surface area is 61.5 Å². The summed E-state index contributed by atoms with van der Waals surface area (Å²) in [6.07, 6.45) is 5.57. The second-order valence-electron chi connectivity index (χ2n) is 2.86. The van der Waals surface area contributed by atoms with Gasteiger partial charge in [0.15, 0.2) is 5.79 Å². The quantitative estimate of drug-likeness (QED) is 0.442. The Morgan fingerprint density at radius 3 is 2.70 bits per heavy atom. The van der Waals surface area contributed by atoms with Crippen LogP contribution >= 0.6 is 0 Å². The standard InChI is InChI=1S/C8H14O2/c1-7-5-3-4-6-8(7,9)10-2/h3-4,7,9H,5-6H2,1-2H3. The van der Waals surface area contributed by atoms with E-state index in [1.54, 1.807) is 7.11 Å². The molecule has 0 aliphatic heterocycles. The highest BCUT2D eigenvalue weighted by molar-refractivity contribution is 4.97. The van der Waals surface area contributed by atoms with Crippen LogP contribution in [0.4, 0.5) is 0 Å². The molecule has 0 aromatic heterocycles. The highest BCUT2D eigenvalue weighted by Gasteiger charge is 2.33. The Balaban J connectivity index is 2.66. The molecule has 2 nitrogen and oxygen atoms in total. The van der Waals surface area contributed by atoms with E-state index < -0.39 is 5.79 Å². The van der Waals surface area contributed by atoms with E-state index in [0.717, 1.165) is 6.42 Å². The lowest BCUT2D eigenvalue weighted by Gasteiger charge is -2.33. The molecule has 0 fully saturated rings. The second kappa shape index (κ2) is 2.72. The first kappa shape index (κ1) is 7.76. The van der Waals surface area contributed by atoms with Crippen molar-refractivity contribution in [2.45, 2.75) is 25.6 Å². The molecule has 58 valence electrons. The number of rotatable bonds is 1. The molecule has 10 heavy (non-hydrogen) atoms. The average molecular weight is 142 g/mol. The molecule has 0 aromatic rings. The van der Waals surface area contributed by atoms with Gasteiger partial charge in [0.05, 0.1) is 0 Å². The van der Waals surface area contributed by atoms with Gasteiger partial charge < -0.3 is 9.84 Å². The zero-order valence-corrected chi connectivity index (χ0v) is 6.50. The summed E-state index contributed by atoms with van der Waals surface area (Å²) in [6, 6.07) is 0. The molecule has 0 saturated heterocycles. The summed E-state index contributed by atoms with van der Waals surface area (Å²) in [5.74, 6) is -0.697. The van der Waals surface area contributed by atoms with Crippen molar-refractivity contribution in [1.29, 1.82) is 0 Å². The van der Waals surface area contributed by atoms with Crippen LogP contribution < -0.4 is 0 Å². The van der Waals surface area contributed by atoms with Gasteiger partial charge in [0.25, 0.3) is 0 Å². The molecule has 2 heteroatoms. The van der Waals surface area contributed by atoms with E-state index in [9.17, 15) is 5.11 Å². The number of aliphatic hydroxyl groups is 1. The summed E-state index contributed by atoms with van der Waals surface area (Å²) in [4.78, 5) is 0. The van der Waals surface area contributed by atoms with Crippen molar-refractivity contribution in [3.8, 4) is 0 Å². The minimum absolute atomic E-state index is 0.211. The Morgan fingerprint density at radius 2 is 2.30 bits per heavy atom. The van der Waals surface area contributed by atoms with Gasteiger partial charge in [-0.25, -0.2) is 0 Å². The van der Waals surface area contributed by atoms with Gasteiger partial charge >= 0.3 is 0 Å². The van der Waals surface area contributed by atoms with Gasteiger partial charge in [-0.15, -0.1) is 0 Å². The monoisotopic (exact) mass is 142 g/mol. The van der Waals surface area contributed by atoms with Crippen LogP contribution in [0.2, 0.25) is 0 Å². The van der Waals surface area contributed by atoms with Crippen molar-refractivity contribution in [2.75, 3.05) is 7.11 Å². The fourth-order valence-electron chi connectivity index (χ4n) is 1.22. The molecule has 1 rings (SSSR count). The lowest BCUT2D eigenvalue weighted by atomic mass is 9.89. The summed E-state index contributed by atoms with van der Waals surface area (Å²) < 4.78 is 5.00. The van der Waals surface area contributed by atoms with Crippen LogP contribution in [-0.4, -0.2) is 18.0 Å². The number of hydrogen-bond acceptors (Lipinski definition) is 2. The van der Waals surface area contributed by atoms with Crippen molar-refractivity contribution < 1.29 is 9.84 Å². The zero-order chi connectivity index (χ0) is 7.61. The third-order valence-corrected chi connectivity index (χ3v) is 2.19. The molecule has 0 saturated carbocycles. The van der Waals surface area contributed by atoms with Crippen molar-refractivity contribution in [1.82, 2.24) is 0 Å². The normalized spacial score (nSPS) is 40.1. The van der Waals surface area contributed by atoms with Crippen LogP contribution in [0.1, 0.15) is 19.8 Å². The molecule has 2 unspecified atom stereocenters. The number of ether oxygens (including phenoxy) is 1. The Bertz CT molecular complexity index is 142. The largest absolute Gasteiger partial charge is 0.365 e. The predicted molar refractivity (Wildman–Crippen MR) is 39.5 cm³/mol. The fourth-order valence-corrected chi connectivity index (χ4v) is 1.22. The third kappa shape index (κ3) is 1.22. The molecule has 1 aliphatic rings. The summed E-state index contributed by atoms with van der Waals surface area (Å²) in [7, 11) is 1.55. The maximum Gasteiger partial charge on any atom is 0.171 e.